The molecule has 0 aliphatic rings. The first-order valence-corrected chi connectivity index (χ1v) is 5.15. The third kappa shape index (κ3) is 1.99. The summed E-state index contributed by atoms with van der Waals surface area (Å²) in [4.78, 5) is 17.8. The van der Waals surface area contributed by atoms with E-state index in [1.165, 1.54) is 6.07 Å². The first-order valence-electron chi connectivity index (χ1n) is 5.15. The van der Waals surface area contributed by atoms with Crippen LogP contribution in [-0.4, -0.2) is 26.2 Å². The molecule has 2 rings (SSSR count). The summed E-state index contributed by atoms with van der Waals surface area (Å²) in [7, 11) is 0. The van der Waals surface area contributed by atoms with Gasteiger partial charge in [-0.25, -0.2) is 9.78 Å². The minimum absolute atomic E-state index is 0.0927. The zero-order valence-electron chi connectivity index (χ0n) is 9.21. The quantitative estimate of drug-likeness (QED) is 0.755. The molecule has 17 heavy (non-hydrogen) atoms. The maximum absolute atomic E-state index is 10.9. The predicted octanol–water partition coefficient (Wildman–Crippen LogP) is 1.97. The molecule has 5 heteroatoms. The zero-order valence-corrected chi connectivity index (χ0v) is 9.21. The van der Waals surface area contributed by atoms with Gasteiger partial charge < -0.3 is 15.2 Å². The lowest BCUT2D eigenvalue weighted by atomic mass is 9.95. The molecule has 5 nitrogen and oxygen atoms in total. The molecular formula is C12H12N2O3. The fraction of sp³-hybridized carbons (Fsp3) is 0.167. The molecule has 0 fully saturated rings. The van der Waals surface area contributed by atoms with Crippen LogP contribution in [0.3, 0.4) is 0 Å². The molecule has 0 aliphatic carbocycles. The van der Waals surface area contributed by atoms with Gasteiger partial charge in [0.25, 0.3) is 0 Å². The van der Waals surface area contributed by atoms with E-state index in [1.807, 2.05) is 6.92 Å². The first-order chi connectivity index (χ1) is 8.11. The van der Waals surface area contributed by atoms with Crippen LogP contribution in [-0.2, 0) is 0 Å². The molecule has 88 valence electrons. The van der Waals surface area contributed by atoms with Crippen molar-refractivity contribution in [3.05, 3.63) is 47.5 Å². The zero-order chi connectivity index (χ0) is 12.4. The highest BCUT2D eigenvalue weighted by Gasteiger charge is 2.19. The molecule has 0 bridgehead atoms. The van der Waals surface area contributed by atoms with Gasteiger partial charge in [0.15, 0.2) is 0 Å². The highest BCUT2D eigenvalue weighted by molar-refractivity contribution is 5.91. The van der Waals surface area contributed by atoms with Crippen molar-refractivity contribution in [3.63, 3.8) is 0 Å². The smallest absolute Gasteiger partial charge is 0.339 e. The molecule has 3 N–H and O–H groups in total. The van der Waals surface area contributed by atoms with Gasteiger partial charge in [-0.05, 0) is 6.07 Å². The van der Waals surface area contributed by atoms with Crippen molar-refractivity contribution in [2.45, 2.75) is 12.8 Å². The minimum Gasteiger partial charge on any atom is -0.507 e. The van der Waals surface area contributed by atoms with Gasteiger partial charge in [0.05, 0.1) is 12.0 Å². The number of rotatable bonds is 3. The molecular weight excluding hydrogens is 220 g/mol. The lowest BCUT2D eigenvalue weighted by Gasteiger charge is -2.12. The van der Waals surface area contributed by atoms with Crippen molar-refractivity contribution in [2.75, 3.05) is 0 Å². The monoisotopic (exact) mass is 232 g/mol. The molecule has 1 aromatic carbocycles. The molecule has 0 radical (unpaired) electrons. The SMILES string of the molecule is CC(c1c[nH]cn1)c1cccc(C(=O)O)c1O. The second-order valence-corrected chi connectivity index (χ2v) is 3.76. The van der Waals surface area contributed by atoms with E-state index in [4.69, 9.17) is 5.11 Å². The highest BCUT2D eigenvalue weighted by atomic mass is 16.4. The Morgan fingerprint density at radius 3 is 2.82 bits per heavy atom. The summed E-state index contributed by atoms with van der Waals surface area (Å²) in [5, 5.41) is 18.8. The minimum atomic E-state index is -1.14. The number of carboxylic acids is 1. The molecule has 2 aromatic rings. The van der Waals surface area contributed by atoms with Crippen LogP contribution in [0, 0.1) is 0 Å². The van der Waals surface area contributed by atoms with Gasteiger partial charge in [0.1, 0.15) is 11.3 Å². The number of aromatic nitrogens is 2. The Labute approximate surface area is 97.8 Å². The van der Waals surface area contributed by atoms with Crippen LogP contribution in [0.4, 0.5) is 0 Å². The number of hydrogen-bond acceptors (Lipinski definition) is 3. The van der Waals surface area contributed by atoms with Crippen molar-refractivity contribution in [1.29, 1.82) is 0 Å². The summed E-state index contributed by atoms with van der Waals surface area (Å²) in [6.07, 6.45) is 3.27. The van der Waals surface area contributed by atoms with Crippen LogP contribution in [0.2, 0.25) is 0 Å². The third-order valence-corrected chi connectivity index (χ3v) is 2.73. The van der Waals surface area contributed by atoms with Gasteiger partial charge in [-0.2, -0.15) is 0 Å². The molecule has 0 saturated heterocycles. The van der Waals surface area contributed by atoms with Crippen LogP contribution in [0.5, 0.6) is 5.75 Å². The number of aromatic carboxylic acids is 1. The van der Waals surface area contributed by atoms with E-state index in [1.54, 1.807) is 24.7 Å². The van der Waals surface area contributed by atoms with Crippen LogP contribution >= 0.6 is 0 Å². The number of nitrogens with zero attached hydrogens (tertiary/aromatic N) is 1. The topological polar surface area (TPSA) is 86.2 Å². The lowest BCUT2D eigenvalue weighted by Crippen LogP contribution is -2.02. The maximum atomic E-state index is 10.9. The Morgan fingerprint density at radius 1 is 1.47 bits per heavy atom. The number of carbonyl (C=O) groups is 1. The largest absolute Gasteiger partial charge is 0.507 e. The van der Waals surface area contributed by atoms with Crippen molar-refractivity contribution in [3.8, 4) is 5.75 Å². The fourth-order valence-electron chi connectivity index (χ4n) is 1.75. The molecule has 0 spiro atoms. The van der Waals surface area contributed by atoms with Gasteiger partial charge in [0.2, 0.25) is 0 Å². The lowest BCUT2D eigenvalue weighted by molar-refractivity contribution is 0.0693. The van der Waals surface area contributed by atoms with Gasteiger partial charge in [-0.1, -0.05) is 19.1 Å². The highest BCUT2D eigenvalue weighted by Crippen LogP contribution is 2.32. The molecule has 1 aromatic heterocycles. The number of benzene rings is 1. The number of aromatic hydroxyl groups is 1. The normalized spacial score (nSPS) is 12.3. The van der Waals surface area contributed by atoms with Crippen LogP contribution in [0.15, 0.2) is 30.7 Å². The van der Waals surface area contributed by atoms with E-state index in [2.05, 4.69) is 9.97 Å². The van der Waals surface area contributed by atoms with Crippen molar-refractivity contribution < 1.29 is 15.0 Å². The van der Waals surface area contributed by atoms with Gasteiger partial charge in [0, 0.05) is 17.7 Å². The summed E-state index contributed by atoms with van der Waals surface area (Å²) < 4.78 is 0. The average Bonchev–Trinajstić information content (AvgIpc) is 2.81. The molecule has 1 heterocycles. The van der Waals surface area contributed by atoms with E-state index in [0.717, 1.165) is 5.69 Å². The Morgan fingerprint density at radius 2 is 2.24 bits per heavy atom. The number of phenols is 1. The van der Waals surface area contributed by atoms with Crippen LogP contribution < -0.4 is 0 Å². The number of H-pyrrole nitrogens is 1. The van der Waals surface area contributed by atoms with E-state index in [0.29, 0.717) is 5.56 Å². The second-order valence-electron chi connectivity index (χ2n) is 3.76. The maximum Gasteiger partial charge on any atom is 0.339 e. The molecule has 1 unspecified atom stereocenters. The van der Waals surface area contributed by atoms with Crippen molar-refractivity contribution in [2.24, 2.45) is 0 Å². The molecule has 1 atom stereocenters. The summed E-state index contributed by atoms with van der Waals surface area (Å²) in [5.74, 6) is -1.50. The van der Waals surface area contributed by atoms with Gasteiger partial charge in [-0.15, -0.1) is 0 Å². The first kappa shape index (κ1) is 11.2. The Hall–Kier alpha value is -2.30. The fourth-order valence-corrected chi connectivity index (χ4v) is 1.75. The molecule has 0 saturated carbocycles. The van der Waals surface area contributed by atoms with Crippen LogP contribution in [0.25, 0.3) is 0 Å². The van der Waals surface area contributed by atoms with E-state index in [-0.39, 0.29) is 17.2 Å². The second kappa shape index (κ2) is 4.29. The van der Waals surface area contributed by atoms with Gasteiger partial charge >= 0.3 is 5.97 Å². The van der Waals surface area contributed by atoms with Crippen molar-refractivity contribution >= 4 is 5.97 Å². The summed E-state index contributed by atoms with van der Waals surface area (Å²) >= 11 is 0. The number of aromatic amines is 1. The van der Waals surface area contributed by atoms with E-state index < -0.39 is 5.97 Å². The Balaban J connectivity index is 2.46. The number of nitrogens with one attached hydrogen (secondary N) is 1. The molecule has 0 amide bonds. The Kier molecular flexibility index (Phi) is 2.82. The van der Waals surface area contributed by atoms with Crippen molar-refractivity contribution in [1.82, 2.24) is 9.97 Å². The standard InChI is InChI=1S/C12H12N2O3/c1-7(10-5-13-6-14-10)8-3-2-4-9(11(8)15)12(16)17/h2-7,15H,1H3,(H,13,14)(H,16,17). The number of para-hydroxylation sites is 1. The Bertz CT molecular complexity index is 535. The van der Waals surface area contributed by atoms with Crippen LogP contribution in [0.1, 0.15) is 34.5 Å². The van der Waals surface area contributed by atoms with Gasteiger partial charge in [-0.3, -0.25) is 0 Å². The number of imidazole rings is 1. The van der Waals surface area contributed by atoms with E-state index in [9.17, 15) is 9.90 Å². The average molecular weight is 232 g/mol. The summed E-state index contributed by atoms with van der Waals surface area (Å²) in [6, 6.07) is 4.68. The number of hydrogen-bond donors (Lipinski definition) is 3. The van der Waals surface area contributed by atoms with E-state index >= 15 is 0 Å². The summed E-state index contributed by atoms with van der Waals surface area (Å²) in [5.41, 5.74) is 1.21. The third-order valence-electron chi connectivity index (χ3n) is 2.73. The predicted molar refractivity (Wildman–Crippen MR) is 61.2 cm³/mol. The molecule has 0 aliphatic heterocycles. The summed E-state index contributed by atoms with van der Waals surface area (Å²) in [6.45, 7) is 1.86. The number of carboxylic acid groups (broad SMARTS) is 1.